The molecule has 0 atom stereocenters. The lowest BCUT2D eigenvalue weighted by molar-refractivity contribution is 1.07. The highest BCUT2D eigenvalue weighted by Crippen LogP contribution is 2.43. The molecule has 0 aliphatic carbocycles. The van der Waals surface area contributed by atoms with Crippen LogP contribution in [0.5, 0.6) is 0 Å². The summed E-state index contributed by atoms with van der Waals surface area (Å²) in [6.07, 6.45) is 0. The lowest BCUT2D eigenvalue weighted by atomic mass is 10.0. The molecule has 7 aromatic carbocycles. The maximum Gasteiger partial charge on any atom is 0.164 e. The van der Waals surface area contributed by atoms with Gasteiger partial charge in [0.15, 0.2) is 17.5 Å². The van der Waals surface area contributed by atoms with Gasteiger partial charge in [-0.05, 0) is 53.6 Å². The van der Waals surface area contributed by atoms with E-state index in [2.05, 4.69) is 77.4 Å². The van der Waals surface area contributed by atoms with Gasteiger partial charge in [0.05, 0.1) is 17.9 Å². The highest BCUT2D eigenvalue weighted by Gasteiger charge is 2.19. The van der Waals surface area contributed by atoms with Crippen molar-refractivity contribution in [3.8, 4) is 51.0 Å². The Kier molecular flexibility index (Phi) is 5.54. The molecular formula is C45H28N4S. The summed E-state index contributed by atoms with van der Waals surface area (Å²) in [5.74, 6) is 1.59. The molecule has 50 heavy (non-hydrogen) atoms. The van der Waals surface area contributed by atoms with Gasteiger partial charge in [0.2, 0.25) is 0 Å². The fraction of sp³-hybridized carbons (Fsp3) is 0. The first kappa shape index (κ1) is 23.8. The summed E-state index contributed by atoms with van der Waals surface area (Å²) < 4.78 is 46.2. The molecule has 0 aliphatic heterocycles. The molecule has 0 N–H and O–H groups in total. The van der Waals surface area contributed by atoms with Crippen molar-refractivity contribution >= 4 is 53.3 Å². The SMILES string of the molecule is [2H]c1c([2H])c([2H])c(-c2cccc3c2sc2cccc(-c4nc(-c5ccccc5)nc(-c5ccc(-n6c7ccccc7c7ccccc76)cc5)n4)c23)c([2H])c1[2H]. The second-order valence-electron chi connectivity index (χ2n) is 12.1. The second kappa shape index (κ2) is 11.6. The van der Waals surface area contributed by atoms with E-state index < -0.39 is 6.04 Å². The van der Waals surface area contributed by atoms with Gasteiger partial charge < -0.3 is 4.57 Å². The van der Waals surface area contributed by atoms with Gasteiger partial charge in [-0.15, -0.1) is 11.3 Å². The first-order valence-corrected chi connectivity index (χ1v) is 17.1. The molecule has 0 unspecified atom stereocenters. The standard InChI is InChI=1S/C45H28N4S/c1-3-13-29(14-4-1)33-19-11-20-36-41-37(21-12-24-40(41)50-42(33)36)45-47-43(30-15-5-2-6-16-30)46-44(48-45)31-25-27-32(28-26-31)49-38-22-9-7-17-34(38)35-18-8-10-23-39(35)49/h1-28H/i1D,3D,4D,13D,14D. The van der Waals surface area contributed by atoms with Crippen molar-refractivity contribution < 1.29 is 6.85 Å². The van der Waals surface area contributed by atoms with Crippen LogP contribution in [-0.2, 0) is 0 Å². The molecule has 4 nitrogen and oxygen atoms in total. The van der Waals surface area contributed by atoms with Crippen molar-refractivity contribution in [1.29, 1.82) is 0 Å². The number of aromatic nitrogens is 4. The molecule has 10 aromatic rings. The average molecular weight is 662 g/mol. The van der Waals surface area contributed by atoms with Gasteiger partial charge in [-0.2, -0.15) is 0 Å². The number of nitrogens with zero attached hydrogens (tertiary/aromatic N) is 4. The number of benzene rings is 7. The normalized spacial score (nSPS) is 13.0. The third kappa shape index (κ3) is 4.63. The smallest absolute Gasteiger partial charge is 0.164 e. The topological polar surface area (TPSA) is 43.6 Å². The molecule has 0 bridgehead atoms. The predicted octanol–water partition coefficient (Wildman–Crippen LogP) is 12.0. The minimum Gasteiger partial charge on any atom is -0.309 e. The van der Waals surface area contributed by atoms with Gasteiger partial charge in [0.25, 0.3) is 0 Å². The van der Waals surface area contributed by atoms with Crippen LogP contribution in [0.3, 0.4) is 0 Å². The van der Waals surface area contributed by atoms with Crippen molar-refractivity contribution in [1.82, 2.24) is 19.5 Å². The Balaban J connectivity index is 1.15. The van der Waals surface area contributed by atoms with Crippen LogP contribution < -0.4 is 0 Å². The van der Waals surface area contributed by atoms with Crippen LogP contribution in [0.2, 0.25) is 0 Å². The Morgan fingerprint density at radius 3 is 1.76 bits per heavy atom. The average Bonchev–Trinajstić information content (AvgIpc) is 3.79. The zero-order valence-electron chi connectivity index (χ0n) is 31.5. The van der Waals surface area contributed by atoms with Crippen molar-refractivity contribution in [2.45, 2.75) is 0 Å². The van der Waals surface area contributed by atoms with E-state index in [0.29, 0.717) is 23.0 Å². The molecule has 0 radical (unpaired) electrons. The van der Waals surface area contributed by atoms with Crippen molar-refractivity contribution in [3.05, 3.63) is 170 Å². The summed E-state index contributed by atoms with van der Waals surface area (Å²) in [5, 5.41) is 4.22. The summed E-state index contributed by atoms with van der Waals surface area (Å²) in [4.78, 5) is 15.2. The molecule has 3 aromatic heterocycles. The number of fused-ring (bicyclic) bond motifs is 6. The van der Waals surface area contributed by atoms with Crippen LogP contribution in [0.15, 0.2) is 170 Å². The van der Waals surface area contributed by atoms with Crippen LogP contribution in [0.25, 0.3) is 93.0 Å². The summed E-state index contributed by atoms with van der Waals surface area (Å²) >= 11 is 1.52. The molecule has 0 fully saturated rings. The highest BCUT2D eigenvalue weighted by atomic mass is 32.1. The van der Waals surface area contributed by atoms with Gasteiger partial charge in [-0.1, -0.05) is 127 Å². The van der Waals surface area contributed by atoms with Crippen molar-refractivity contribution in [2.75, 3.05) is 0 Å². The molecule has 0 aliphatic rings. The number of para-hydroxylation sites is 2. The molecule has 0 spiro atoms. The predicted molar refractivity (Wildman–Crippen MR) is 209 cm³/mol. The maximum atomic E-state index is 8.70. The van der Waals surface area contributed by atoms with Gasteiger partial charge >= 0.3 is 0 Å². The van der Waals surface area contributed by atoms with E-state index in [4.69, 9.17) is 21.8 Å². The lowest BCUT2D eigenvalue weighted by Crippen LogP contribution is -2.01. The van der Waals surface area contributed by atoms with Crippen LogP contribution in [0, 0.1) is 0 Å². The fourth-order valence-corrected chi connectivity index (χ4v) is 8.17. The molecule has 5 heteroatoms. The number of rotatable bonds is 5. The lowest BCUT2D eigenvalue weighted by Gasteiger charge is -2.11. The Labute approximate surface area is 299 Å². The van der Waals surface area contributed by atoms with E-state index in [9.17, 15) is 0 Å². The number of hydrogen-bond donors (Lipinski definition) is 0. The Bertz CT molecular complexity index is 3070. The summed E-state index contributed by atoms with van der Waals surface area (Å²) in [6, 6.07) is 45.2. The van der Waals surface area contributed by atoms with Gasteiger partial charge in [0, 0.05) is 53.3 Å². The van der Waals surface area contributed by atoms with Gasteiger partial charge in [-0.3, -0.25) is 0 Å². The molecule has 0 saturated heterocycles. The third-order valence-corrected chi connectivity index (χ3v) is 10.4. The molecular weight excluding hydrogens is 629 g/mol. The highest BCUT2D eigenvalue weighted by molar-refractivity contribution is 7.26. The summed E-state index contributed by atoms with van der Waals surface area (Å²) in [5.41, 5.74) is 6.59. The van der Waals surface area contributed by atoms with Crippen LogP contribution in [0.4, 0.5) is 0 Å². The van der Waals surface area contributed by atoms with Crippen LogP contribution in [-0.4, -0.2) is 19.5 Å². The number of hydrogen-bond acceptors (Lipinski definition) is 4. The second-order valence-corrected chi connectivity index (χ2v) is 13.1. The third-order valence-electron chi connectivity index (χ3n) is 9.16. The fourth-order valence-electron chi connectivity index (χ4n) is 6.92. The molecule has 0 amide bonds. The van der Waals surface area contributed by atoms with Gasteiger partial charge in [-0.25, -0.2) is 15.0 Å². The molecule has 234 valence electrons. The quantitative estimate of drug-likeness (QED) is 0.184. The summed E-state index contributed by atoms with van der Waals surface area (Å²) in [6.45, 7) is 0. The zero-order chi connectivity index (χ0) is 37.4. The zero-order valence-corrected chi connectivity index (χ0v) is 27.3. The minimum atomic E-state index is -0.411. The largest absolute Gasteiger partial charge is 0.309 e. The van der Waals surface area contributed by atoms with E-state index >= 15 is 0 Å². The minimum absolute atomic E-state index is 0.183. The Morgan fingerprint density at radius 1 is 0.460 bits per heavy atom. The Morgan fingerprint density at radius 2 is 1.04 bits per heavy atom. The van der Waals surface area contributed by atoms with Gasteiger partial charge in [0.1, 0.15) is 0 Å². The first-order valence-electron chi connectivity index (χ1n) is 18.8. The summed E-state index contributed by atoms with van der Waals surface area (Å²) in [7, 11) is 0. The van der Waals surface area contributed by atoms with E-state index in [1.165, 1.54) is 22.1 Å². The molecule has 0 saturated carbocycles. The van der Waals surface area contributed by atoms with E-state index in [0.717, 1.165) is 53.6 Å². The monoisotopic (exact) mass is 661 g/mol. The van der Waals surface area contributed by atoms with Crippen molar-refractivity contribution in [2.24, 2.45) is 0 Å². The van der Waals surface area contributed by atoms with Crippen LogP contribution >= 0.6 is 11.3 Å². The number of thiophene rings is 1. The van der Waals surface area contributed by atoms with E-state index in [1.54, 1.807) is 0 Å². The van der Waals surface area contributed by atoms with Crippen molar-refractivity contribution in [3.63, 3.8) is 0 Å². The maximum absolute atomic E-state index is 8.70. The van der Waals surface area contributed by atoms with E-state index in [-0.39, 0.29) is 29.7 Å². The first-order chi connectivity index (χ1) is 26.9. The molecule has 10 rings (SSSR count). The molecule has 3 heterocycles. The Hall–Kier alpha value is -6.43. The van der Waals surface area contributed by atoms with Crippen LogP contribution in [0.1, 0.15) is 6.85 Å². The van der Waals surface area contributed by atoms with E-state index in [1.807, 2.05) is 66.7 Å².